The zero-order valence-corrected chi connectivity index (χ0v) is 19.5. The van der Waals surface area contributed by atoms with E-state index in [2.05, 4.69) is 26.1 Å². The molecule has 0 aliphatic carbocycles. The number of carbonyl (C=O) groups is 1. The Kier molecular flexibility index (Phi) is 22.3. The highest BCUT2D eigenvalue weighted by Gasteiger charge is 2.05. The van der Waals surface area contributed by atoms with Gasteiger partial charge in [0.1, 0.15) is 0 Å². The van der Waals surface area contributed by atoms with Crippen molar-refractivity contribution in [2.24, 2.45) is 0 Å². The van der Waals surface area contributed by atoms with E-state index in [1.165, 1.54) is 96.3 Å². The Hall–Kier alpha value is -0.570. The fourth-order valence-corrected chi connectivity index (χ4v) is 3.57. The number of carbonyl (C=O) groups excluding carboxylic acids is 1. The third-order valence-corrected chi connectivity index (χ3v) is 5.57. The van der Waals surface area contributed by atoms with Crippen molar-refractivity contribution in [2.75, 3.05) is 13.2 Å². The van der Waals surface area contributed by atoms with E-state index in [1.807, 2.05) is 0 Å². The van der Waals surface area contributed by atoms with Gasteiger partial charge in [-0.05, 0) is 19.8 Å². The largest absolute Gasteiger partial charge is 0.466 e. The van der Waals surface area contributed by atoms with Crippen LogP contribution in [0, 0.1) is 0 Å². The number of unbranched alkanes of at least 4 members (excludes halogenated alkanes) is 14. The van der Waals surface area contributed by atoms with Crippen LogP contribution in [0.15, 0.2) is 0 Å². The molecule has 0 spiro atoms. The lowest BCUT2D eigenvalue weighted by molar-refractivity contribution is -0.143. The Labute approximate surface area is 176 Å². The molecule has 0 rings (SSSR count). The first-order chi connectivity index (χ1) is 13.7. The maximum atomic E-state index is 11.5. The number of nitrogens with one attached hydrogen (secondary N) is 1. The van der Waals surface area contributed by atoms with Gasteiger partial charge in [-0.3, -0.25) is 4.79 Å². The fourth-order valence-electron chi connectivity index (χ4n) is 3.57. The summed E-state index contributed by atoms with van der Waals surface area (Å²) in [6, 6.07) is 0.501. The van der Waals surface area contributed by atoms with Gasteiger partial charge in [0.25, 0.3) is 0 Å². The van der Waals surface area contributed by atoms with Crippen LogP contribution in [-0.4, -0.2) is 25.2 Å². The van der Waals surface area contributed by atoms with Gasteiger partial charge in [-0.15, -0.1) is 0 Å². The number of hydrogen-bond acceptors (Lipinski definition) is 3. The normalized spacial score (nSPS) is 12.2. The molecule has 0 radical (unpaired) electrons. The first kappa shape index (κ1) is 27.4. The molecule has 0 saturated heterocycles. The molecule has 28 heavy (non-hydrogen) atoms. The molecule has 3 heteroatoms. The standard InChI is InChI=1S/C25H51NO2/c1-4-6-8-9-10-11-12-13-14-15-16-17-18-19-20-24(3)26-22-21-25(27)28-23-7-5-2/h24,26H,4-23H2,1-3H3. The molecule has 0 heterocycles. The number of hydrogen-bond donors (Lipinski definition) is 1. The molecule has 0 aromatic rings. The first-order valence-corrected chi connectivity index (χ1v) is 12.6. The van der Waals surface area contributed by atoms with E-state index in [9.17, 15) is 4.79 Å². The minimum absolute atomic E-state index is 0.0651. The van der Waals surface area contributed by atoms with Gasteiger partial charge >= 0.3 is 5.97 Å². The Balaban J connectivity index is 3.22. The second-order valence-corrected chi connectivity index (χ2v) is 8.56. The molecule has 0 amide bonds. The molecule has 0 aliphatic rings. The summed E-state index contributed by atoms with van der Waals surface area (Å²) in [5.74, 6) is -0.0651. The lowest BCUT2D eigenvalue weighted by Gasteiger charge is -2.13. The Morgan fingerprint density at radius 2 is 1.18 bits per heavy atom. The molecular weight excluding hydrogens is 346 g/mol. The van der Waals surface area contributed by atoms with Crippen LogP contribution in [0.4, 0.5) is 0 Å². The van der Waals surface area contributed by atoms with Crippen molar-refractivity contribution in [3.8, 4) is 0 Å². The van der Waals surface area contributed by atoms with E-state index in [4.69, 9.17) is 4.74 Å². The molecular formula is C25H51NO2. The molecule has 0 aliphatic heterocycles. The van der Waals surface area contributed by atoms with Crippen molar-refractivity contribution in [1.82, 2.24) is 5.32 Å². The number of ether oxygens (including phenoxy) is 1. The molecule has 0 fully saturated rings. The van der Waals surface area contributed by atoms with Crippen molar-refractivity contribution in [3.63, 3.8) is 0 Å². The smallest absolute Gasteiger partial charge is 0.307 e. The summed E-state index contributed by atoms with van der Waals surface area (Å²) in [5.41, 5.74) is 0. The van der Waals surface area contributed by atoms with Crippen molar-refractivity contribution < 1.29 is 9.53 Å². The van der Waals surface area contributed by atoms with E-state index in [0.717, 1.165) is 19.4 Å². The van der Waals surface area contributed by atoms with Crippen molar-refractivity contribution in [3.05, 3.63) is 0 Å². The van der Waals surface area contributed by atoms with Crippen molar-refractivity contribution in [2.45, 2.75) is 142 Å². The zero-order valence-electron chi connectivity index (χ0n) is 19.5. The summed E-state index contributed by atoms with van der Waals surface area (Å²) in [6.45, 7) is 7.93. The molecule has 1 unspecified atom stereocenters. The predicted molar refractivity (Wildman–Crippen MR) is 123 cm³/mol. The monoisotopic (exact) mass is 397 g/mol. The van der Waals surface area contributed by atoms with E-state index >= 15 is 0 Å². The third kappa shape index (κ3) is 21.7. The summed E-state index contributed by atoms with van der Waals surface area (Å²) in [6.07, 6.45) is 23.5. The maximum absolute atomic E-state index is 11.5. The molecule has 168 valence electrons. The van der Waals surface area contributed by atoms with Gasteiger partial charge in [-0.1, -0.05) is 110 Å². The van der Waals surface area contributed by atoms with Gasteiger partial charge in [-0.2, -0.15) is 0 Å². The lowest BCUT2D eigenvalue weighted by atomic mass is 10.0. The molecule has 1 N–H and O–H groups in total. The van der Waals surface area contributed by atoms with Crippen molar-refractivity contribution >= 4 is 5.97 Å². The number of rotatable bonds is 22. The predicted octanol–water partition coefficient (Wildman–Crippen LogP) is 7.57. The third-order valence-electron chi connectivity index (χ3n) is 5.57. The van der Waals surface area contributed by atoms with Crippen LogP contribution in [-0.2, 0) is 9.53 Å². The fraction of sp³-hybridized carbons (Fsp3) is 0.960. The maximum Gasteiger partial charge on any atom is 0.307 e. The Bertz CT molecular complexity index is 320. The highest BCUT2D eigenvalue weighted by atomic mass is 16.5. The van der Waals surface area contributed by atoms with Gasteiger partial charge < -0.3 is 10.1 Å². The number of esters is 1. The van der Waals surface area contributed by atoms with Crippen LogP contribution in [0.3, 0.4) is 0 Å². The Morgan fingerprint density at radius 3 is 1.68 bits per heavy atom. The second-order valence-electron chi connectivity index (χ2n) is 8.56. The molecule has 0 aromatic carbocycles. The highest BCUT2D eigenvalue weighted by Crippen LogP contribution is 2.13. The van der Waals surface area contributed by atoms with Crippen LogP contribution < -0.4 is 5.32 Å². The summed E-state index contributed by atoms with van der Waals surface area (Å²) >= 11 is 0. The van der Waals surface area contributed by atoms with Crippen molar-refractivity contribution in [1.29, 1.82) is 0 Å². The minimum Gasteiger partial charge on any atom is -0.466 e. The van der Waals surface area contributed by atoms with Crippen LogP contribution in [0.25, 0.3) is 0 Å². The highest BCUT2D eigenvalue weighted by molar-refractivity contribution is 5.69. The quantitative estimate of drug-likeness (QED) is 0.151. The lowest BCUT2D eigenvalue weighted by Crippen LogP contribution is -2.28. The van der Waals surface area contributed by atoms with Gasteiger partial charge in [0, 0.05) is 12.6 Å². The summed E-state index contributed by atoms with van der Waals surface area (Å²) in [5, 5.41) is 3.45. The van der Waals surface area contributed by atoms with Gasteiger partial charge in [0.05, 0.1) is 13.0 Å². The average Bonchev–Trinajstić information content (AvgIpc) is 2.68. The second kappa shape index (κ2) is 22.7. The zero-order chi connectivity index (χ0) is 20.7. The molecule has 0 bridgehead atoms. The SMILES string of the molecule is CCCCCCCCCCCCCCCCC(C)NCCC(=O)OCCCC. The summed E-state index contributed by atoms with van der Waals surface area (Å²) in [7, 11) is 0. The molecule has 0 saturated carbocycles. The van der Waals surface area contributed by atoms with Gasteiger partial charge in [0.2, 0.25) is 0 Å². The van der Waals surface area contributed by atoms with Gasteiger partial charge in [0.15, 0.2) is 0 Å². The van der Waals surface area contributed by atoms with E-state index in [0.29, 0.717) is 19.1 Å². The Morgan fingerprint density at radius 1 is 0.714 bits per heavy atom. The molecule has 3 nitrogen and oxygen atoms in total. The van der Waals surface area contributed by atoms with E-state index in [-0.39, 0.29) is 5.97 Å². The van der Waals surface area contributed by atoms with Crippen LogP contribution in [0.5, 0.6) is 0 Å². The summed E-state index contributed by atoms with van der Waals surface area (Å²) in [4.78, 5) is 11.5. The van der Waals surface area contributed by atoms with Crippen LogP contribution in [0.2, 0.25) is 0 Å². The first-order valence-electron chi connectivity index (χ1n) is 12.6. The summed E-state index contributed by atoms with van der Waals surface area (Å²) < 4.78 is 5.17. The van der Waals surface area contributed by atoms with Crippen LogP contribution in [0.1, 0.15) is 136 Å². The van der Waals surface area contributed by atoms with E-state index in [1.54, 1.807) is 0 Å². The average molecular weight is 398 g/mol. The molecule has 0 aromatic heterocycles. The van der Waals surface area contributed by atoms with Crippen LogP contribution >= 0.6 is 0 Å². The van der Waals surface area contributed by atoms with E-state index < -0.39 is 0 Å². The molecule has 1 atom stereocenters. The topological polar surface area (TPSA) is 38.3 Å². The minimum atomic E-state index is -0.0651. The van der Waals surface area contributed by atoms with Gasteiger partial charge in [-0.25, -0.2) is 0 Å².